The highest BCUT2D eigenvalue weighted by molar-refractivity contribution is 5.85. The lowest BCUT2D eigenvalue weighted by atomic mass is 10.0. The van der Waals surface area contributed by atoms with Gasteiger partial charge in [0.25, 0.3) is 5.56 Å². The third-order valence-corrected chi connectivity index (χ3v) is 4.11. The molecule has 2 aromatic rings. The van der Waals surface area contributed by atoms with Crippen molar-refractivity contribution in [2.45, 2.75) is 32.4 Å². The van der Waals surface area contributed by atoms with Gasteiger partial charge in [-0.25, -0.2) is 0 Å². The summed E-state index contributed by atoms with van der Waals surface area (Å²) in [7, 11) is 0. The van der Waals surface area contributed by atoms with Gasteiger partial charge in [-0.1, -0.05) is 25.1 Å². The second kappa shape index (κ2) is 5.38. The van der Waals surface area contributed by atoms with Gasteiger partial charge in [-0.15, -0.1) is 0 Å². The van der Waals surface area contributed by atoms with E-state index < -0.39 is 0 Å². The summed E-state index contributed by atoms with van der Waals surface area (Å²) in [4.78, 5) is 17.4. The molecule has 0 aliphatic carbocycles. The first-order chi connectivity index (χ1) is 9.69. The third kappa shape index (κ3) is 2.37. The van der Waals surface area contributed by atoms with Crippen molar-refractivity contribution in [3.05, 3.63) is 45.9 Å². The summed E-state index contributed by atoms with van der Waals surface area (Å²) >= 11 is 0. The van der Waals surface area contributed by atoms with Crippen LogP contribution < -0.4 is 5.56 Å². The van der Waals surface area contributed by atoms with E-state index in [2.05, 4.69) is 16.8 Å². The minimum atomic E-state index is -0.214. The molecule has 0 amide bonds. The molecule has 0 spiro atoms. The van der Waals surface area contributed by atoms with Gasteiger partial charge in [0, 0.05) is 30.7 Å². The summed E-state index contributed by atoms with van der Waals surface area (Å²) in [5.41, 5.74) is 2.19. The number of likely N-dealkylation sites (tertiary alicyclic amines) is 1. The molecule has 3 rings (SSSR count). The Balaban J connectivity index is 2.08. The Morgan fingerprint density at radius 1 is 1.35 bits per heavy atom. The number of hydrogen-bond donors (Lipinski definition) is 2. The largest absolute Gasteiger partial charge is 0.392 e. The molecule has 1 aromatic carbocycles. The fourth-order valence-electron chi connectivity index (χ4n) is 3.05. The number of aryl methyl sites for hydroxylation is 1. The summed E-state index contributed by atoms with van der Waals surface area (Å²) in [6.45, 7) is 4.48. The van der Waals surface area contributed by atoms with Gasteiger partial charge in [-0.2, -0.15) is 0 Å². The number of aromatic nitrogens is 1. The number of benzene rings is 1. The molecule has 0 saturated carbocycles. The van der Waals surface area contributed by atoms with E-state index in [-0.39, 0.29) is 11.7 Å². The second-order valence-electron chi connectivity index (χ2n) is 5.49. The summed E-state index contributed by atoms with van der Waals surface area (Å²) in [5, 5.41) is 11.4. The molecular formula is C16H20N2O2. The Morgan fingerprint density at radius 3 is 2.75 bits per heavy atom. The molecule has 1 saturated heterocycles. The fraction of sp³-hybridized carbons (Fsp3) is 0.438. The van der Waals surface area contributed by atoms with Crippen LogP contribution in [-0.4, -0.2) is 34.2 Å². The lowest BCUT2D eigenvalue weighted by molar-refractivity contribution is 0.175. The minimum Gasteiger partial charge on any atom is -0.392 e. The zero-order valence-electron chi connectivity index (χ0n) is 11.7. The van der Waals surface area contributed by atoms with Crippen molar-refractivity contribution < 1.29 is 5.11 Å². The monoisotopic (exact) mass is 272 g/mol. The molecule has 106 valence electrons. The van der Waals surface area contributed by atoms with E-state index in [0.717, 1.165) is 48.9 Å². The van der Waals surface area contributed by atoms with Crippen molar-refractivity contribution in [2.24, 2.45) is 0 Å². The number of hydrogen-bond acceptors (Lipinski definition) is 3. The molecule has 0 radical (unpaired) electrons. The molecule has 4 heteroatoms. The summed E-state index contributed by atoms with van der Waals surface area (Å²) in [6.07, 6.45) is 1.43. The SMILES string of the molecule is CCc1[nH]c(=O)c2ccccc2c1CN1CCC(O)C1. The maximum absolute atomic E-state index is 12.1. The van der Waals surface area contributed by atoms with Crippen LogP contribution >= 0.6 is 0 Å². The average molecular weight is 272 g/mol. The van der Waals surface area contributed by atoms with Crippen molar-refractivity contribution in [3.63, 3.8) is 0 Å². The normalized spacial score (nSPS) is 19.8. The molecule has 1 aromatic heterocycles. The van der Waals surface area contributed by atoms with Crippen molar-refractivity contribution in [3.8, 4) is 0 Å². The quantitative estimate of drug-likeness (QED) is 0.893. The highest BCUT2D eigenvalue weighted by atomic mass is 16.3. The molecule has 1 atom stereocenters. The smallest absolute Gasteiger partial charge is 0.256 e. The fourth-order valence-corrected chi connectivity index (χ4v) is 3.05. The summed E-state index contributed by atoms with van der Waals surface area (Å²) in [5.74, 6) is 0. The molecule has 2 N–H and O–H groups in total. The Hall–Kier alpha value is -1.65. The van der Waals surface area contributed by atoms with Gasteiger partial charge in [0.15, 0.2) is 0 Å². The molecule has 4 nitrogen and oxygen atoms in total. The average Bonchev–Trinajstić information content (AvgIpc) is 2.87. The molecule has 1 aliphatic rings. The van der Waals surface area contributed by atoms with E-state index in [1.54, 1.807) is 0 Å². The number of aliphatic hydroxyl groups excluding tert-OH is 1. The zero-order chi connectivity index (χ0) is 14.1. The van der Waals surface area contributed by atoms with Crippen LogP contribution in [0.3, 0.4) is 0 Å². The molecule has 2 heterocycles. The first-order valence-electron chi connectivity index (χ1n) is 7.22. The van der Waals surface area contributed by atoms with E-state index in [0.29, 0.717) is 0 Å². The highest BCUT2D eigenvalue weighted by Gasteiger charge is 2.22. The topological polar surface area (TPSA) is 56.3 Å². The lowest BCUT2D eigenvalue weighted by Crippen LogP contribution is -2.24. The van der Waals surface area contributed by atoms with Gasteiger partial charge >= 0.3 is 0 Å². The predicted molar refractivity (Wildman–Crippen MR) is 79.8 cm³/mol. The molecule has 1 aliphatic heterocycles. The maximum atomic E-state index is 12.1. The van der Waals surface area contributed by atoms with Crippen LogP contribution in [0.5, 0.6) is 0 Å². The number of pyridine rings is 1. The van der Waals surface area contributed by atoms with Crippen molar-refractivity contribution in [1.82, 2.24) is 9.88 Å². The zero-order valence-corrected chi connectivity index (χ0v) is 11.7. The highest BCUT2D eigenvalue weighted by Crippen LogP contribution is 2.22. The van der Waals surface area contributed by atoms with Gasteiger partial charge in [0.1, 0.15) is 0 Å². The van der Waals surface area contributed by atoms with E-state index in [1.807, 2.05) is 24.3 Å². The first-order valence-corrected chi connectivity index (χ1v) is 7.22. The number of fused-ring (bicyclic) bond motifs is 1. The Morgan fingerprint density at radius 2 is 2.10 bits per heavy atom. The van der Waals surface area contributed by atoms with Crippen LogP contribution in [0.2, 0.25) is 0 Å². The standard InChI is InChI=1S/C16H20N2O2/c1-2-15-14(10-18-8-7-11(19)9-18)12-5-3-4-6-13(12)16(20)17-15/h3-6,11,19H,2,7-10H2,1H3,(H,17,20). The number of nitrogens with zero attached hydrogens (tertiary/aromatic N) is 1. The van der Waals surface area contributed by atoms with E-state index in [4.69, 9.17) is 0 Å². The van der Waals surface area contributed by atoms with Crippen molar-refractivity contribution >= 4 is 10.8 Å². The number of aromatic amines is 1. The summed E-state index contributed by atoms with van der Waals surface area (Å²) < 4.78 is 0. The van der Waals surface area contributed by atoms with E-state index in [9.17, 15) is 9.90 Å². The predicted octanol–water partition coefficient (Wildman–Crippen LogP) is 1.66. The van der Waals surface area contributed by atoms with Crippen LogP contribution in [0.1, 0.15) is 24.6 Å². The van der Waals surface area contributed by atoms with Crippen LogP contribution in [0.4, 0.5) is 0 Å². The van der Waals surface area contributed by atoms with Gasteiger partial charge in [0.05, 0.1) is 6.10 Å². The third-order valence-electron chi connectivity index (χ3n) is 4.11. The number of aliphatic hydroxyl groups is 1. The number of rotatable bonds is 3. The maximum Gasteiger partial charge on any atom is 0.256 e. The van der Waals surface area contributed by atoms with Crippen LogP contribution in [0, 0.1) is 0 Å². The lowest BCUT2D eigenvalue weighted by Gasteiger charge is -2.19. The van der Waals surface area contributed by atoms with E-state index >= 15 is 0 Å². The number of β-amino-alcohol motifs (C(OH)–C–C–N with tert-alkyl or cyclic N) is 1. The summed E-state index contributed by atoms with van der Waals surface area (Å²) in [6, 6.07) is 7.76. The Bertz CT molecular complexity index is 678. The van der Waals surface area contributed by atoms with Gasteiger partial charge in [0.2, 0.25) is 0 Å². The molecule has 1 unspecified atom stereocenters. The van der Waals surface area contributed by atoms with Gasteiger partial charge in [-0.3, -0.25) is 9.69 Å². The van der Waals surface area contributed by atoms with Crippen LogP contribution in [0.25, 0.3) is 10.8 Å². The molecule has 20 heavy (non-hydrogen) atoms. The number of H-pyrrole nitrogens is 1. The number of nitrogens with one attached hydrogen (secondary N) is 1. The molecule has 0 bridgehead atoms. The van der Waals surface area contributed by atoms with Crippen LogP contribution in [-0.2, 0) is 13.0 Å². The molecule has 1 fully saturated rings. The minimum absolute atomic E-state index is 0.0114. The first kappa shape index (κ1) is 13.3. The van der Waals surface area contributed by atoms with Gasteiger partial charge < -0.3 is 10.1 Å². The van der Waals surface area contributed by atoms with Gasteiger partial charge in [-0.05, 0) is 29.9 Å². The van der Waals surface area contributed by atoms with Crippen LogP contribution in [0.15, 0.2) is 29.1 Å². The Kier molecular flexibility index (Phi) is 3.59. The molecular weight excluding hydrogens is 252 g/mol. The van der Waals surface area contributed by atoms with Crippen molar-refractivity contribution in [1.29, 1.82) is 0 Å². The second-order valence-corrected chi connectivity index (χ2v) is 5.49. The van der Waals surface area contributed by atoms with E-state index in [1.165, 1.54) is 5.56 Å². The van der Waals surface area contributed by atoms with Crippen molar-refractivity contribution in [2.75, 3.05) is 13.1 Å². The Labute approximate surface area is 118 Å².